The second kappa shape index (κ2) is 12.9. The van der Waals surface area contributed by atoms with Gasteiger partial charge in [0.1, 0.15) is 5.82 Å². The van der Waals surface area contributed by atoms with E-state index in [0.717, 1.165) is 86.0 Å². The molecule has 0 unspecified atom stereocenters. The van der Waals surface area contributed by atoms with Crippen molar-refractivity contribution < 1.29 is 4.79 Å². The summed E-state index contributed by atoms with van der Waals surface area (Å²) in [7, 11) is 0. The summed E-state index contributed by atoms with van der Waals surface area (Å²) in [4.78, 5) is 27.6. The van der Waals surface area contributed by atoms with E-state index in [1.165, 1.54) is 11.1 Å². The lowest BCUT2D eigenvalue weighted by atomic mass is 9.95. The number of aryl methyl sites for hydroxylation is 1. The van der Waals surface area contributed by atoms with Crippen molar-refractivity contribution >= 4 is 34.3 Å². The summed E-state index contributed by atoms with van der Waals surface area (Å²) >= 11 is 0. The Morgan fingerprint density at radius 1 is 0.952 bits per heavy atom. The fraction of sp³-hybridized carbons (Fsp3) is 0.382. The number of piperazine rings is 1. The minimum Gasteiger partial charge on any atom is -0.365 e. The van der Waals surface area contributed by atoms with Gasteiger partial charge in [-0.25, -0.2) is 4.98 Å². The lowest BCUT2D eigenvalue weighted by Gasteiger charge is -2.32. The van der Waals surface area contributed by atoms with Crippen molar-refractivity contribution in [1.29, 1.82) is 0 Å². The Bertz CT molecular complexity index is 1500. The molecule has 0 saturated carbocycles. The quantitative estimate of drug-likeness (QED) is 0.272. The van der Waals surface area contributed by atoms with Gasteiger partial charge in [0.2, 0.25) is 11.9 Å². The van der Waals surface area contributed by atoms with Gasteiger partial charge in [-0.3, -0.25) is 9.69 Å². The van der Waals surface area contributed by atoms with E-state index >= 15 is 0 Å². The predicted octanol–water partition coefficient (Wildman–Crippen LogP) is 5.20. The Hall–Kier alpha value is -4.01. The summed E-state index contributed by atoms with van der Waals surface area (Å²) in [6.45, 7) is 10.5. The highest BCUT2D eigenvalue weighted by Gasteiger charge is 2.25. The number of hydrogen-bond acceptors (Lipinski definition) is 7. The average Bonchev–Trinajstić information content (AvgIpc) is 3.01. The van der Waals surface area contributed by atoms with Crippen LogP contribution in [0.5, 0.6) is 0 Å². The monoisotopic (exact) mass is 563 g/mol. The number of rotatable bonds is 8. The van der Waals surface area contributed by atoms with E-state index in [1.54, 1.807) is 0 Å². The molecule has 8 heteroatoms. The summed E-state index contributed by atoms with van der Waals surface area (Å²) < 4.78 is 0. The SMILES string of the molecule is Cc1ccc2nc(N3CCN[C@H](C)C3)nc(NCc3ccc(NC(=O)C4CCN(Cc5ccccc5)CC4)cc3)c2c1. The second-order valence-corrected chi connectivity index (χ2v) is 11.8. The van der Waals surface area contributed by atoms with Crippen molar-refractivity contribution in [3.8, 4) is 0 Å². The first-order valence-electron chi connectivity index (χ1n) is 15.2. The highest BCUT2D eigenvalue weighted by Crippen LogP contribution is 2.26. The molecule has 2 saturated heterocycles. The molecule has 8 nitrogen and oxygen atoms in total. The number of benzene rings is 3. The molecule has 1 amide bonds. The van der Waals surface area contributed by atoms with E-state index in [-0.39, 0.29) is 11.8 Å². The van der Waals surface area contributed by atoms with Crippen LogP contribution in [0.15, 0.2) is 72.8 Å². The molecule has 3 heterocycles. The molecule has 0 radical (unpaired) electrons. The number of carbonyl (C=O) groups excluding carboxylic acids is 1. The lowest BCUT2D eigenvalue weighted by Crippen LogP contribution is -2.49. The number of amides is 1. The van der Waals surface area contributed by atoms with Crippen LogP contribution in [-0.2, 0) is 17.9 Å². The van der Waals surface area contributed by atoms with E-state index in [4.69, 9.17) is 9.97 Å². The van der Waals surface area contributed by atoms with Crippen LogP contribution in [0.3, 0.4) is 0 Å². The third-order valence-corrected chi connectivity index (χ3v) is 8.38. The number of likely N-dealkylation sites (tertiary alicyclic amines) is 1. The molecule has 4 aromatic rings. The van der Waals surface area contributed by atoms with Gasteiger partial charge in [-0.05, 0) is 75.2 Å². The maximum absolute atomic E-state index is 13.0. The van der Waals surface area contributed by atoms with Gasteiger partial charge in [0, 0.05) is 55.8 Å². The number of aromatic nitrogens is 2. The van der Waals surface area contributed by atoms with Gasteiger partial charge in [0.25, 0.3) is 0 Å². The van der Waals surface area contributed by atoms with Crippen molar-refractivity contribution in [3.05, 3.63) is 89.5 Å². The van der Waals surface area contributed by atoms with Crippen LogP contribution >= 0.6 is 0 Å². The number of piperidine rings is 1. The number of hydrogen-bond donors (Lipinski definition) is 3. The van der Waals surface area contributed by atoms with E-state index in [9.17, 15) is 4.79 Å². The largest absolute Gasteiger partial charge is 0.365 e. The lowest BCUT2D eigenvalue weighted by molar-refractivity contribution is -0.121. The normalized spacial score (nSPS) is 18.2. The first kappa shape index (κ1) is 28.1. The number of fused-ring (bicyclic) bond motifs is 1. The number of nitrogens with zero attached hydrogens (tertiary/aromatic N) is 4. The molecule has 2 aliphatic rings. The third-order valence-electron chi connectivity index (χ3n) is 8.38. The number of carbonyl (C=O) groups is 1. The molecule has 3 aromatic carbocycles. The fourth-order valence-corrected chi connectivity index (χ4v) is 5.95. The second-order valence-electron chi connectivity index (χ2n) is 11.8. The van der Waals surface area contributed by atoms with Gasteiger partial charge in [-0.1, -0.05) is 54.1 Å². The molecule has 3 N–H and O–H groups in total. The number of anilines is 3. The fourth-order valence-electron chi connectivity index (χ4n) is 5.95. The third kappa shape index (κ3) is 6.89. The van der Waals surface area contributed by atoms with Crippen molar-refractivity contribution in [2.45, 2.75) is 45.8 Å². The highest BCUT2D eigenvalue weighted by atomic mass is 16.1. The van der Waals surface area contributed by atoms with Gasteiger partial charge in [0.15, 0.2) is 0 Å². The summed E-state index contributed by atoms with van der Waals surface area (Å²) in [6, 6.07) is 25.4. The van der Waals surface area contributed by atoms with Crippen LogP contribution in [-0.4, -0.2) is 59.5 Å². The zero-order valence-corrected chi connectivity index (χ0v) is 24.6. The van der Waals surface area contributed by atoms with Crippen LogP contribution in [0.4, 0.5) is 17.5 Å². The van der Waals surface area contributed by atoms with Crippen LogP contribution in [0.2, 0.25) is 0 Å². The zero-order chi connectivity index (χ0) is 28.9. The van der Waals surface area contributed by atoms with Crippen LogP contribution in [0.1, 0.15) is 36.5 Å². The molecule has 0 bridgehead atoms. The average molecular weight is 564 g/mol. The zero-order valence-electron chi connectivity index (χ0n) is 24.6. The van der Waals surface area contributed by atoms with Crippen molar-refractivity contribution in [3.63, 3.8) is 0 Å². The Labute approximate surface area is 248 Å². The molecule has 1 atom stereocenters. The minimum absolute atomic E-state index is 0.0562. The predicted molar refractivity (Wildman–Crippen MR) is 171 cm³/mol. The molecule has 0 spiro atoms. The van der Waals surface area contributed by atoms with Crippen LogP contribution in [0, 0.1) is 12.8 Å². The minimum atomic E-state index is 0.0562. The first-order chi connectivity index (χ1) is 20.5. The molecule has 0 aliphatic carbocycles. The summed E-state index contributed by atoms with van der Waals surface area (Å²) in [5.74, 6) is 1.80. The summed E-state index contributed by atoms with van der Waals surface area (Å²) in [6.07, 6.45) is 1.78. The Morgan fingerprint density at radius 2 is 1.74 bits per heavy atom. The molecule has 218 valence electrons. The van der Waals surface area contributed by atoms with Gasteiger partial charge < -0.3 is 20.9 Å². The Balaban J connectivity index is 1.05. The highest BCUT2D eigenvalue weighted by molar-refractivity contribution is 5.93. The van der Waals surface area contributed by atoms with Gasteiger partial charge in [0.05, 0.1) is 5.52 Å². The van der Waals surface area contributed by atoms with Gasteiger partial charge in [-0.2, -0.15) is 4.98 Å². The van der Waals surface area contributed by atoms with Crippen LogP contribution in [0.25, 0.3) is 10.9 Å². The van der Waals surface area contributed by atoms with E-state index in [2.05, 4.69) is 94.2 Å². The first-order valence-corrected chi connectivity index (χ1v) is 15.2. The molecule has 2 aliphatic heterocycles. The van der Waals surface area contributed by atoms with Crippen molar-refractivity contribution in [1.82, 2.24) is 20.2 Å². The molecule has 42 heavy (non-hydrogen) atoms. The maximum Gasteiger partial charge on any atom is 0.227 e. The topological polar surface area (TPSA) is 85.4 Å². The molecule has 2 fully saturated rings. The van der Waals surface area contributed by atoms with Gasteiger partial charge in [-0.15, -0.1) is 0 Å². The van der Waals surface area contributed by atoms with Crippen molar-refractivity contribution in [2.75, 3.05) is 48.3 Å². The summed E-state index contributed by atoms with van der Waals surface area (Å²) in [5, 5.41) is 11.2. The van der Waals surface area contributed by atoms with Crippen molar-refractivity contribution in [2.24, 2.45) is 5.92 Å². The molecular formula is C34H41N7O. The summed E-state index contributed by atoms with van der Waals surface area (Å²) in [5.41, 5.74) is 5.42. The van der Waals surface area contributed by atoms with E-state index in [1.807, 2.05) is 18.2 Å². The van der Waals surface area contributed by atoms with E-state index in [0.29, 0.717) is 12.6 Å². The Kier molecular flexibility index (Phi) is 8.63. The standard InChI is InChI=1S/C34H41N7O/c1-24-8-13-31-30(20-24)32(39-34(38-31)41-19-16-35-25(2)22-41)36-21-26-9-11-29(12-10-26)37-33(42)28-14-17-40(18-15-28)23-27-6-4-3-5-7-27/h3-13,20,25,28,35H,14-19,21-23H2,1-2H3,(H,37,42)(H,36,38,39)/t25-/m1/s1. The smallest absolute Gasteiger partial charge is 0.227 e. The molecule has 1 aromatic heterocycles. The Morgan fingerprint density at radius 3 is 2.50 bits per heavy atom. The molecule has 6 rings (SSSR count). The van der Waals surface area contributed by atoms with Gasteiger partial charge >= 0.3 is 0 Å². The van der Waals surface area contributed by atoms with Crippen LogP contribution < -0.4 is 20.9 Å². The van der Waals surface area contributed by atoms with E-state index < -0.39 is 0 Å². The molecular weight excluding hydrogens is 522 g/mol. The maximum atomic E-state index is 13.0. The number of nitrogens with one attached hydrogen (secondary N) is 3.